The summed E-state index contributed by atoms with van der Waals surface area (Å²) >= 11 is 5.34. The Balaban J connectivity index is 2.23. The number of nitrogens with zero attached hydrogens (tertiary/aromatic N) is 2. The lowest BCUT2D eigenvalue weighted by molar-refractivity contribution is -0.154. The molecule has 2 rings (SSSR count). The van der Waals surface area contributed by atoms with Crippen LogP contribution in [-0.2, 0) is 37.9 Å². The summed E-state index contributed by atoms with van der Waals surface area (Å²) in [7, 11) is -3.79. The van der Waals surface area contributed by atoms with Crippen molar-refractivity contribution in [1.82, 2.24) is 4.90 Å². The number of nitrogens with two attached hydrogens (primary N) is 1. The molecule has 210 valence electrons. The second-order valence-corrected chi connectivity index (χ2v) is 14.0. The summed E-state index contributed by atoms with van der Waals surface area (Å²) in [6, 6.07) is 14.9. The molecule has 38 heavy (non-hydrogen) atoms. The first-order valence-electron chi connectivity index (χ1n) is 12.5. The van der Waals surface area contributed by atoms with E-state index in [4.69, 9.17) is 22.7 Å². The lowest BCUT2D eigenvalue weighted by Crippen LogP contribution is -2.40. The van der Waals surface area contributed by atoms with Crippen molar-refractivity contribution < 1.29 is 23.2 Å². The molecule has 0 radical (unpaired) electrons. The van der Waals surface area contributed by atoms with Gasteiger partial charge >= 0.3 is 5.97 Å². The molecule has 0 aliphatic heterocycles. The third-order valence-corrected chi connectivity index (χ3v) is 7.14. The van der Waals surface area contributed by atoms with Crippen LogP contribution >= 0.6 is 12.2 Å². The molecule has 0 fully saturated rings. The predicted octanol–water partition coefficient (Wildman–Crippen LogP) is 4.63. The van der Waals surface area contributed by atoms with Gasteiger partial charge in [0.1, 0.15) is 0 Å². The van der Waals surface area contributed by atoms with E-state index >= 15 is 0 Å². The monoisotopic (exact) mass is 563 g/mol. The highest BCUT2D eigenvalue weighted by Gasteiger charge is 2.26. The largest absolute Gasteiger partial charge is 0.465 e. The molecule has 0 spiro atoms. The van der Waals surface area contributed by atoms with Gasteiger partial charge in [0.25, 0.3) is 10.0 Å². The van der Waals surface area contributed by atoms with Gasteiger partial charge in [0.05, 0.1) is 24.0 Å². The van der Waals surface area contributed by atoms with Gasteiger partial charge in [0.2, 0.25) is 0 Å². The van der Waals surface area contributed by atoms with E-state index in [0.717, 1.165) is 17.4 Å². The van der Waals surface area contributed by atoms with Crippen LogP contribution in [0, 0.1) is 11.3 Å². The number of carbonyl (C=O) groups is 1. The number of rotatable bonds is 10. The van der Waals surface area contributed by atoms with Crippen molar-refractivity contribution in [2.24, 2.45) is 17.1 Å². The Morgan fingerprint density at radius 1 is 1.00 bits per heavy atom. The van der Waals surface area contributed by atoms with Crippen molar-refractivity contribution in [2.75, 3.05) is 23.9 Å². The predicted molar refractivity (Wildman–Crippen MR) is 155 cm³/mol. The SMILES string of the molecule is CC(C)(C)C(=O)OCC(Cc1ccc(C(C)(C)C)cc1)CN(Cc1ccc(N(O)S(C)(=O)=O)cc1)C(N)=S. The Kier molecular flexibility index (Phi) is 10.3. The second-order valence-electron chi connectivity index (χ2n) is 11.8. The van der Waals surface area contributed by atoms with Gasteiger partial charge in [-0.2, -0.15) is 0 Å². The number of thiocarbonyl (C=S) groups is 1. The van der Waals surface area contributed by atoms with E-state index < -0.39 is 15.4 Å². The minimum Gasteiger partial charge on any atom is -0.465 e. The van der Waals surface area contributed by atoms with E-state index in [0.29, 0.717) is 19.5 Å². The molecule has 2 aromatic carbocycles. The van der Waals surface area contributed by atoms with Crippen LogP contribution in [0.15, 0.2) is 48.5 Å². The summed E-state index contributed by atoms with van der Waals surface area (Å²) in [5, 5.41) is 10.1. The van der Waals surface area contributed by atoms with Gasteiger partial charge in [-0.25, -0.2) is 8.42 Å². The standard InChI is InChI=1S/C28H41N3O5S2/c1-27(2,3)23-12-8-20(9-13-23)16-22(19-36-25(32)28(4,5)6)18-30(26(29)37)17-21-10-14-24(15-11-21)31(33)38(7,34)35/h8-15,22,33H,16-19H2,1-7H3,(H2,29,37). The maximum absolute atomic E-state index is 12.5. The molecule has 0 bridgehead atoms. The summed E-state index contributed by atoms with van der Waals surface area (Å²) in [4.78, 5) is 14.3. The molecule has 0 saturated heterocycles. The number of hydrogen-bond donors (Lipinski definition) is 2. The number of hydrogen-bond acceptors (Lipinski definition) is 6. The van der Waals surface area contributed by atoms with E-state index in [1.54, 1.807) is 12.1 Å². The average molecular weight is 564 g/mol. The topological polar surface area (TPSA) is 113 Å². The van der Waals surface area contributed by atoms with E-state index in [2.05, 4.69) is 45.0 Å². The average Bonchev–Trinajstić information content (AvgIpc) is 2.80. The van der Waals surface area contributed by atoms with Gasteiger partial charge in [-0.15, -0.1) is 4.47 Å². The van der Waals surface area contributed by atoms with Crippen molar-refractivity contribution in [3.8, 4) is 0 Å². The zero-order valence-corrected chi connectivity index (χ0v) is 25.0. The molecule has 0 saturated carbocycles. The summed E-state index contributed by atoms with van der Waals surface area (Å²) in [6.07, 6.45) is 1.58. The van der Waals surface area contributed by atoms with E-state index in [1.165, 1.54) is 17.7 Å². The Morgan fingerprint density at radius 3 is 1.97 bits per heavy atom. The van der Waals surface area contributed by atoms with Crippen molar-refractivity contribution in [1.29, 1.82) is 0 Å². The number of carbonyl (C=O) groups excluding carboxylic acids is 1. The third-order valence-electron chi connectivity index (χ3n) is 6.04. The van der Waals surface area contributed by atoms with Gasteiger partial charge < -0.3 is 15.4 Å². The number of anilines is 1. The Labute approximate surface area is 232 Å². The number of benzene rings is 2. The number of ether oxygens (including phenoxy) is 1. The second kappa shape index (κ2) is 12.4. The van der Waals surface area contributed by atoms with Crippen LogP contribution in [-0.4, -0.2) is 49.0 Å². The van der Waals surface area contributed by atoms with E-state index in [-0.39, 0.29) is 39.2 Å². The highest BCUT2D eigenvalue weighted by molar-refractivity contribution is 7.91. The summed E-state index contributed by atoms with van der Waals surface area (Å²) in [5.41, 5.74) is 8.82. The van der Waals surface area contributed by atoms with Crippen molar-refractivity contribution in [3.05, 3.63) is 65.2 Å². The maximum atomic E-state index is 12.5. The Bertz CT molecular complexity index is 1200. The highest BCUT2D eigenvalue weighted by atomic mass is 32.2. The van der Waals surface area contributed by atoms with Gasteiger partial charge in [0.15, 0.2) is 5.11 Å². The van der Waals surface area contributed by atoms with Crippen LogP contribution in [0.5, 0.6) is 0 Å². The van der Waals surface area contributed by atoms with Crippen molar-refractivity contribution in [2.45, 2.75) is 59.9 Å². The molecule has 1 atom stereocenters. The molecule has 0 heterocycles. The lowest BCUT2D eigenvalue weighted by atomic mass is 9.86. The van der Waals surface area contributed by atoms with Gasteiger partial charge in [0, 0.05) is 19.0 Å². The van der Waals surface area contributed by atoms with Crippen LogP contribution in [0.2, 0.25) is 0 Å². The van der Waals surface area contributed by atoms with Gasteiger partial charge in [-0.1, -0.05) is 57.2 Å². The summed E-state index contributed by atoms with van der Waals surface area (Å²) < 4.78 is 29.1. The zero-order valence-electron chi connectivity index (χ0n) is 23.4. The first-order valence-corrected chi connectivity index (χ1v) is 14.7. The van der Waals surface area contributed by atoms with Crippen LogP contribution in [0.3, 0.4) is 0 Å². The molecule has 0 aromatic heterocycles. The molecule has 0 amide bonds. The molecule has 1 unspecified atom stereocenters. The number of sulfonamides is 1. The zero-order chi connectivity index (χ0) is 28.9. The Hall–Kier alpha value is -2.69. The molecule has 0 aliphatic carbocycles. The fraction of sp³-hybridized carbons (Fsp3) is 0.500. The molecule has 3 N–H and O–H groups in total. The molecule has 0 aliphatic rings. The fourth-order valence-corrected chi connectivity index (χ4v) is 4.39. The smallest absolute Gasteiger partial charge is 0.311 e. The molecule has 2 aromatic rings. The lowest BCUT2D eigenvalue weighted by Gasteiger charge is -2.29. The minimum atomic E-state index is -3.79. The first kappa shape index (κ1) is 31.5. The molecule has 8 nitrogen and oxygen atoms in total. The first-order chi connectivity index (χ1) is 17.4. The highest BCUT2D eigenvalue weighted by Crippen LogP contribution is 2.24. The normalized spacial score (nSPS) is 13.1. The summed E-state index contributed by atoms with van der Waals surface area (Å²) in [6.45, 7) is 13.0. The van der Waals surface area contributed by atoms with Crippen LogP contribution < -0.4 is 10.2 Å². The molecule has 10 heteroatoms. The van der Waals surface area contributed by atoms with Crippen LogP contribution in [0.1, 0.15) is 58.2 Å². The van der Waals surface area contributed by atoms with Crippen LogP contribution in [0.4, 0.5) is 5.69 Å². The minimum absolute atomic E-state index is 0.0482. The summed E-state index contributed by atoms with van der Waals surface area (Å²) in [5.74, 6) is -0.358. The van der Waals surface area contributed by atoms with E-state index in [1.807, 2.05) is 25.7 Å². The van der Waals surface area contributed by atoms with Crippen molar-refractivity contribution in [3.63, 3.8) is 0 Å². The molecular formula is C28H41N3O5S2. The quantitative estimate of drug-likeness (QED) is 0.244. The van der Waals surface area contributed by atoms with Gasteiger partial charge in [-0.3, -0.25) is 10.0 Å². The fourth-order valence-electron chi connectivity index (χ4n) is 3.75. The van der Waals surface area contributed by atoms with Gasteiger partial charge in [-0.05, 0) is 73.6 Å². The van der Waals surface area contributed by atoms with E-state index in [9.17, 15) is 18.4 Å². The maximum Gasteiger partial charge on any atom is 0.311 e. The third kappa shape index (κ3) is 9.56. The molecular weight excluding hydrogens is 522 g/mol. The van der Waals surface area contributed by atoms with Crippen LogP contribution in [0.25, 0.3) is 0 Å². The number of esters is 1. The Morgan fingerprint density at radius 2 is 1.53 bits per heavy atom. The van der Waals surface area contributed by atoms with Crippen molar-refractivity contribution >= 4 is 39.0 Å².